The fourth-order valence-corrected chi connectivity index (χ4v) is 3.73. The summed E-state index contributed by atoms with van der Waals surface area (Å²) in [7, 11) is 1.87. The van der Waals surface area contributed by atoms with E-state index in [2.05, 4.69) is 38.9 Å². The third-order valence-corrected chi connectivity index (χ3v) is 5.29. The standard InChI is InChI=1S/C19H21ClN4O.C3H8O2/c1-12(13-3-5-14(20)6-4-13)16-7-8-17(25-16)24-10-9-15-18(21-2)22-11-23-19(15)24;1-3(2,4)5/h3-6,9-12,16-17H,7-8H2,1-2H3,(H,21,22,23);4-5H,1-2H3. The van der Waals surface area contributed by atoms with Crippen LogP contribution >= 0.6 is 11.6 Å². The number of rotatable bonds is 4. The second kappa shape index (κ2) is 9.31. The molecule has 3 unspecified atom stereocenters. The largest absolute Gasteiger partial charge is 0.372 e. The minimum absolute atomic E-state index is 0.0110. The van der Waals surface area contributed by atoms with Gasteiger partial charge in [0.05, 0.1) is 11.5 Å². The summed E-state index contributed by atoms with van der Waals surface area (Å²) >= 11 is 6.00. The quantitative estimate of drug-likeness (QED) is 0.532. The number of nitrogens with one attached hydrogen (secondary N) is 1. The summed E-state index contributed by atoms with van der Waals surface area (Å²) in [5, 5.41) is 21.0. The Hall–Kier alpha value is -2.19. The van der Waals surface area contributed by atoms with Gasteiger partial charge < -0.3 is 24.8 Å². The van der Waals surface area contributed by atoms with E-state index in [4.69, 9.17) is 26.6 Å². The van der Waals surface area contributed by atoms with E-state index >= 15 is 0 Å². The molecule has 7 nitrogen and oxygen atoms in total. The molecule has 1 aliphatic rings. The minimum Gasteiger partial charge on any atom is -0.372 e. The number of anilines is 1. The molecule has 1 aromatic carbocycles. The Morgan fingerprint density at radius 2 is 1.83 bits per heavy atom. The van der Waals surface area contributed by atoms with E-state index in [1.807, 2.05) is 31.4 Å². The molecule has 0 aliphatic carbocycles. The van der Waals surface area contributed by atoms with Gasteiger partial charge in [-0.2, -0.15) is 0 Å². The molecule has 1 aliphatic heterocycles. The molecular weight excluding hydrogens is 404 g/mol. The Morgan fingerprint density at radius 3 is 2.47 bits per heavy atom. The van der Waals surface area contributed by atoms with Crippen LogP contribution < -0.4 is 5.32 Å². The van der Waals surface area contributed by atoms with E-state index in [1.165, 1.54) is 19.4 Å². The Kier molecular flexibility index (Phi) is 6.98. The Balaban J connectivity index is 0.000000461. The summed E-state index contributed by atoms with van der Waals surface area (Å²) in [4.78, 5) is 8.72. The highest BCUT2D eigenvalue weighted by molar-refractivity contribution is 6.30. The van der Waals surface area contributed by atoms with Crippen molar-refractivity contribution in [2.75, 3.05) is 12.4 Å². The van der Waals surface area contributed by atoms with Crippen LogP contribution in [0.25, 0.3) is 11.0 Å². The Morgan fingerprint density at radius 1 is 1.17 bits per heavy atom. The van der Waals surface area contributed by atoms with Gasteiger partial charge in [-0.05, 0) is 50.5 Å². The molecule has 1 saturated heterocycles. The van der Waals surface area contributed by atoms with Crippen LogP contribution in [0.5, 0.6) is 0 Å². The predicted molar refractivity (Wildman–Crippen MR) is 119 cm³/mol. The zero-order valence-electron chi connectivity index (χ0n) is 17.7. The third-order valence-electron chi connectivity index (χ3n) is 5.04. The van der Waals surface area contributed by atoms with Crippen molar-refractivity contribution in [3.63, 3.8) is 0 Å². The van der Waals surface area contributed by atoms with Crippen molar-refractivity contribution in [2.45, 2.75) is 57.6 Å². The highest BCUT2D eigenvalue weighted by Gasteiger charge is 2.32. The van der Waals surface area contributed by atoms with Crippen LogP contribution in [0.15, 0.2) is 42.9 Å². The van der Waals surface area contributed by atoms with Gasteiger partial charge in [-0.3, -0.25) is 0 Å². The molecule has 0 amide bonds. The monoisotopic (exact) mass is 432 g/mol. The SMILES string of the molecule is CC(C)(O)O.CNc1ncnc2c1ccn2C1CCC(C(C)c2ccc(Cl)cc2)O1. The fourth-order valence-electron chi connectivity index (χ4n) is 3.60. The van der Waals surface area contributed by atoms with Gasteiger partial charge in [-0.15, -0.1) is 0 Å². The molecule has 3 aromatic rings. The van der Waals surface area contributed by atoms with Gasteiger partial charge in [0.2, 0.25) is 0 Å². The van der Waals surface area contributed by atoms with E-state index < -0.39 is 5.79 Å². The van der Waals surface area contributed by atoms with Gasteiger partial charge in [0.15, 0.2) is 5.79 Å². The summed E-state index contributed by atoms with van der Waals surface area (Å²) in [6.07, 6.45) is 5.84. The van der Waals surface area contributed by atoms with Crippen LogP contribution in [0.4, 0.5) is 5.82 Å². The first-order valence-electron chi connectivity index (χ1n) is 10.0. The fraction of sp³-hybridized carbons (Fsp3) is 0.455. The smallest absolute Gasteiger partial charge is 0.156 e. The van der Waals surface area contributed by atoms with Crippen LogP contribution in [0.1, 0.15) is 51.3 Å². The highest BCUT2D eigenvalue weighted by Crippen LogP contribution is 2.38. The van der Waals surface area contributed by atoms with Gasteiger partial charge >= 0.3 is 0 Å². The highest BCUT2D eigenvalue weighted by atomic mass is 35.5. The molecule has 3 N–H and O–H groups in total. The predicted octanol–water partition coefficient (Wildman–Crippen LogP) is 4.31. The molecular formula is C22H29ClN4O3. The molecule has 3 atom stereocenters. The van der Waals surface area contributed by atoms with Gasteiger partial charge in [0.1, 0.15) is 24.0 Å². The molecule has 2 aromatic heterocycles. The number of hydrogen-bond acceptors (Lipinski definition) is 6. The Bertz CT molecular complexity index is 963. The molecule has 0 radical (unpaired) electrons. The maximum Gasteiger partial charge on any atom is 0.156 e. The van der Waals surface area contributed by atoms with Crippen LogP contribution in [0.3, 0.4) is 0 Å². The van der Waals surface area contributed by atoms with Crippen molar-refractivity contribution >= 4 is 28.5 Å². The summed E-state index contributed by atoms with van der Waals surface area (Å²) in [6, 6.07) is 10.1. The van der Waals surface area contributed by atoms with Crippen molar-refractivity contribution in [2.24, 2.45) is 0 Å². The summed E-state index contributed by atoms with van der Waals surface area (Å²) < 4.78 is 8.50. The zero-order chi connectivity index (χ0) is 21.9. The first-order chi connectivity index (χ1) is 14.2. The van der Waals surface area contributed by atoms with Crippen LogP contribution in [-0.2, 0) is 4.74 Å². The molecule has 3 heterocycles. The lowest BCUT2D eigenvalue weighted by molar-refractivity contribution is -0.127. The minimum atomic E-state index is -1.50. The molecule has 0 saturated carbocycles. The molecule has 4 rings (SSSR count). The van der Waals surface area contributed by atoms with Crippen LogP contribution in [0, 0.1) is 0 Å². The zero-order valence-corrected chi connectivity index (χ0v) is 18.5. The lowest BCUT2D eigenvalue weighted by Gasteiger charge is -2.21. The van der Waals surface area contributed by atoms with E-state index in [-0.39, 0.29) is 12.3 Å². The second-order valence-corrected chi connectivity index (χ2v) is 8.41. The van der Waals surface area contributed by atoms with Crippen molar-refractivity contribution in [3.05, 3.63) is 53.4 Å². The van der Waals surface area contributed by atoms with Gasteiger partial charge in [-0.1, -0.05) is 30.7 Å². The number of aliphatic hydroxyl groups is 2. The second-order valence-electron chi connectivity index (χ2n) is 7.97. The van der Waals surface area contributed by atoms with E-state index in [9.17, 15) is 0 Å². The average Bonchev–Trinajstić information content (AvgIpc) is 3.33. The number of aromatic nitrogens is 3. The molecule has 8 heteroatoms. The number of hydrogen-bond donors (Lipinski definition) is 3. The van der Waals surface area contributed by atoms with Crippen molar-refractivity contribution in [3.8, 4) is 0 Å². The molecule has 0 bridgehead atoms. The van der Waals surface area contributed by atoms with Gasteiger partial charge in [-0.25, -0.2) is 9.97 Å². The van der Waals surface area contributed by atoms with Gasteiger partial charge in [0, 0.05) is 24.2 Å². The van der Waals surface area contributed by atoms with Crippen molar-refractivity contribution in [1.29, 1.82) is 0 Å². The van der Waals surface area contributed by atoms with E-state index in [0.29, 0.717) is 5.92 Å². The topological polar surface area (TPSA) is 92.4 Å². The normalized spacial score (nSPS) is 20.0. The molecule has 30 heavy (non-hydrogen) atoms. The maximum atomic E-state index is 8.08. The number of benzene rings is 1. The Labute approximate surface area is 181 Å². The summed E-state index contributed by atoms with van der Waals surface area (Å²) in [6.45, 7) is 4.81. The number of fused-ring (bicyclic) bond motifs is 1. The lowest BCUT2D eigenvalue weighted by Crippen LogP contribution is -2.17. The molecule has 1 fully saturated rings. The van der Waals surface area contributed by atoms with Crippen molar-refractivity contribution < 1.29 is 14.9 Å². The van der Waals surface area contributed by atoms with Gasteiger partial charge in [0.25, 0.3) is 0 Å². The number of ether oxygens (including phenoxy) is 1. The van der Waals surface area contributed by atoms with Crippen LogP contribution in [0.2, 0.25) is 5.02 Å². The first-order valence-corrected chi connectivity index (χ1v) is 10.4. The number of nitrogens with zero attached hydrogens (tertiary/aromatic N) is 3. The van der Waals surface area contributed by atoms with Crippen molar-refractivity contribution in [1.82, 2.24) is 14.5 Å². The summed E-state index contributed by atoms with van der Waals surface area (Å²) in [5.74, 6) is -0.334. The molecule has 0 spiro atoms. The van der Waals surface area contributed by atoms with E-state index in [0.717, 1.165) is 34.7 Å². The van der Waals surface area contributed by atoms with E-state index in [1.54, 1.807) is 6.33 Å². The third kappa shape index (κ3) is 5.49. The first kappa shape index (κ1) is 22.5. The maximum absolute atomic E-state index is 8.08. The lowest BCUT2D eigenvalue weighted by atomic mass is 9.94. The molecule has 162 valence electrons. The summed E-state index contributed by atoms with van der Waals surface area (Å²) in [5.41, 5.74) is 2.16. The van der Waals surface area contributed by atoms with Crippen LogP contribution in [-0.4, -0.2) is 43.7 Å². The number of halogens is 1. The average molecular weight is 433 g/mol.